The maximum Gasteiger partial charge on any atom is 0.123 e. The molecule has 0 bridgehead atoms. The summed E-state index contributed by atoms with van der Waals surface area (Å²) in [6.45, 7) is 4.53. The molecule has 0 saturated heterocycles. The fourth-order valence-electron chi connectivity index (χ4n) is 2.01. The molecular weight excluding hydrogens is 214 g/mol. The van der Waals surface area contributed by atoms with Gasteiger partial charge in [0.15, 0.2) is 0 Å². The molecule has 1 unspecified atom stereocenters. The lowest BCUT2D eigenvalue weighted by Crippen LogP contribution is -2.47. The Bertz CT molecular complexity index is 437. The van der Waals surface area contributed by atoms with Gasteiger partial charge in [0, 0.05) is 25.2 Å². The van der Waals surface area contributed by atoms with E-state index in [1.807, 2.05) is 24.3 Å². The maximum absolute atomic E-state index is 8.96. The van der Waals surface area contributed by atoms with Gasteiger partial charge in [-0.15, -0.1) is 0 Å². The number of hydrogen-bond donors (Lipinski definition) is 1. The summed E-state index contributed by atoms with van der Waals surface area (Å²) < 4.78 is 5.66. The molecule has 0 saturated carbocycles. The van der Waals surface area contributed by atoms with Crippen molar-refractivity contribution in [3.63, 3.8) is 0 Å². The molecule has 0 aliphatic carbocycles. The van der Waals surface area contributed by atoms with E-state index in [-0.39, 0.29) is 0 Å². The van der Waals surface area contributed by atoms with Crippen LogP contribution in [0.4, 0.5) is 0 Å². The number of ether oxygens (including phenoxy) is 1. The summed E-state index contributed by atoms with van der Waals surface area (Å²) in [5.74, 6) is 0.936. The van der Waals surface area contributed by atoms with Crippen molar-refractivity contribution >= 4 is 0 Å². The average molecular weight is 231 g/mol. The number of rotatable bonds is 2. The van der Waals surface area contributed by atoms with Gasteiger partial charge in [-0.2, -0.15) is 5.26 Å². The van der Waals surface area contributed by atoms with Crippen molar-refractivity contribution in [2.75, 3.05) is 19.7 Å². The van der Waals surface area contributed by atoms with E-state index in [2.05, 4.69) is 11.0 Å². The summed E-state index contributed by atoms with van der Waals surface area (Å²) in [4.78, 5) is 2.16. The van der Waals surface area contributed by atoms with Crippen LogP contribution in [0.15, 0.2) is 24.3 Å². The van der Waals surface area contributed by atoms with Crippen molar-refractivity contribution in [1.82, 2.24) is 4.90 Å². The van der Waals surface area contributed by atoms with Crippen molar-refractivity contribution in [2.45, 2.75) is 19.0 Å². The molecule has 0 radical (unpaired) electrons. The van der Waals surface area contributed by atoms with E-state index in [1.54, 1.807) is 6.92 Å². The van der Waals surface area contributed by atoms with E-state index in [9.17, 15) is 0 Å². The van der Waals surface area contributed by atoms with Crippen LogP contribution in [0.5, 0.6) is 5.75 Å². The Labute approximate surface area is 102 Å². The van der Waals surface area contributed by atoms with Crippen molar-refractivity contribution in [3.05, 3.63) is 29.8 Å². The maximum atomic E-state index is 8.96. The lowest BCUT2D eigenvalue weighted by Gasteiger charge is -2.26. The number of nitriles is 1. The largest absolute Gasteiger partial charge is 0.492 e. The number of para-hydroxylation sites is 1. The number of hydrogen-bond acceptors (Lipinski definition) is 4. The highest BCUT2D eigenvalue weighted by atomic mass is 16.5. The number of nitrogens with zero attached hydrogens (tertiary/aromatic N) is 2. The topological polar surface area (TPSA) is 62.3 Å². The lowest BCUT2D eigenvalue weighted by molar-refractivity contribution is 0.205. The van der Waals surface area contributed by atoms with Gasteiger partial charge in [-0.05, 0) is 13.0 Å². The van der Waals surface area contributed by atoms with Crippen LogP contribution in [-0.4, -0.2) is 30.1 Å². The first kappa shape index (κ1) is 11.9. The molecule has 4 nitrogen and oxygen atoms in total. The van der Waals surface area contributed by atoms with Crippen LogP contribution >= 0.6 is 0 Å². The van der Waals surface area contributed by atoms with Gasteiger partial charge < -0.3 is 10.5 Å². The van der Waals surface area contributed by atoms with Crippen molar-refractivity contribution < 1.29 is 4.74 Å². The second-order valence-electron chi connectivity index (χ2n) is 4.70. The molecule has 1 heterocycles. The van der Waals surface area contributed by atoms with E-state index in [0.29, 0.717) is 13.2 Å². The molecule has 1 aliphatic rings. The van der Waals surface area contributed by atoms with Crippen LogP contribution in [-0.2, 0) is 6.54 Å². The van der Waals surface area contributed by atoms with Crippen molar-refractivity contribution in [1.29, 1.82) is 5.26 Å². The minimum absolute atomic E-state index is 0.557. The molecule has 2 rings (SSSR count). The van der Waals surface area contributed by atoms with E-state index in [1.165, 1.54) is 0 Å². The lowest BCUT2D eigenvalue weighted by atomic mass is 10.1. The molecule has 4 heteroatoms. The first-order valence-electron chi connectivity index (χ1n) is 5.74. The van der Waals surface area contributed by atoms with Crippen molar-refractivity contribution in [3.8, 4) is 11.8 Å². The van der Waals surface area contributed by atoms with E-state index < -0.39 is 5.54 Å². The van der Waals surface area contributed by atoms with Crippen LogP contribution in [0.3, 0.4) is 0 Å². The molecule has 1 aliphatic heterocycles. The molecule has 17 heavy (non-hydrogen) atoms. The molecule has 0 aromatic heterocycles. The summed E-state index contributed by atoms with van der Waals surface area (Å²) in [6.07, 6.45) is 0. The SMILES string of the molecule is CC(N)(C#N)CN1CCOc2ccccc2C1. The van der Waals surface area contributed by atoms with Crippen LogP contribution in [0.1, 0.15) is 12.5 Å². The molecule has 1 atom stereocenters. The summed E-state index contributed by atoms with van der Waals surface area (Å²) in [6, 6.07) is 10.1. The highest BCUT2D eigenvalue weighted by Gasteiger charge is 2.24. The van der Waals surface area contributed by atoms with Crippen molar-refractivity contribution in [2.24, 2.45) is 5.73 Å². The summed E-state index contributed by atoms with van der Waals surface area (Å²) in [5.41, 5.74) is 6.22. The van der Waals surface area contributed by atoms with Gasteiger partial charge in [0.2, 0.25) is 0 Å². The minimum atomic E-state index is -0.806. The standard InChI is InChI=1S/C13H17N3O/c1-13(15,9-14)10-16-6-7-17-12-5-3-2-4-11(12)8-16/h2-5H,6-8,10,15H2,1H3. The number of nitrogens with two attached hydrogens (primary N) is 1. The summed E-state index contributed by atoms with van der Waals surface area (Å²) in [5, 5.41) is 8.96. The van der Waals surface area contributed by atoms with Crippen LogP contribution in [0.2, 0.25) is 0 Å². The van der Waals surface area contributed by atoms with E-state index in [0.717, 1.165) is 24.4 Å². The molecule has 1 aromatic carbocycles. The van der Waals surface area contributed by atoms with Gasteiger partial charge in [-0.3, -0.25) is 4.90 Å². The van der Waals surface area contributed by atoms with Gasteiger partial charge >= 0.3 is 0 Å². The zero-order valence-corrected chi connectivity index (χ0v) is 10.0. The monoisotopic (exact) mass is 231 g/mol. The molecule has 0 fully saturated rings. The Morgan fingerprint density at radius 1 is 1.53 bits per heavy atom. The molecule has 1 aromatic rings. The highest BCUT2D eigenvalue weighted by molar-refractivity contribution is 5.33. The van der Waals surface area contributed by atoms with Gasteiger partial charge in [0.25, 0.3) is 0 Å². The Hall–Kier alpha value is -1.57. The average Bonchev–Trinajstić information content (AvgIpc) is 2.50. The third-order valence-corrected chi connectivity index (χ3v) is 2.84. The molecular formula is C13H17N3O. The van der Waals surface area contributed by atoms with Gasteiger partial charge in [0.1, 0.15) is 17.9 Å². The molecule has 2 N–H and O–H groups in total. The Kier molecular flexibility index (Phi) is 3.32. The fourth-order valence-corrected chi connectivity index (χ4v) is 2.01. The molecule has 0 spiro atoms. The van der Waals surface area contributed by atoms with E-state index in [4.69, 9.17) is 15.7 Å². The predicted octanol–water partition coefficient (Wildman–Crippen LogP) is 1.12. The quantitative estimate of drug-likeness (QED) is 0.828. The Morgan fingerprint density at radius 2 is 2.29 bits per heavy atom. The van der Waals surface area contributed by atoms with Crippen LogP contribution < -0.4 is 10.5 Å². The number of benzene rings is 1. The Balaban J connectivity index is 2.11. The zero-order chi connectivity index (χ0) is 12.3. The number of fused-ring (bicyclic) bond motifs is 1. The normalized spacial score (nSPS) is 19.4. The smallest absolute Gasteiger partial charge is 0.123 e. The minimum Gasteiger partial charge on any atom is -0.492 e. The second-order valence-corrected chi connectivity index (χ2v) is 4.70. The van der Waals surface area contributed by atoms with Crippen LogP contribution in [0, 0.1) is 11.3 Å². The van der Waals surface area contributed by atoms with Gasteiger partial charge in [-0.25, -0.2) is 0 Å². The zero-order valence-electron chi connectivity index (χ0n) is 10.0. The third kappa shape index (κ3) is 2.96. The van der Waals surface area contributed by atoms with Crippen LogP contribution in [0.25, 0.3) is 0 Å². The van der Waals surface area contributed by atoms with Gasteiger partial charge in [0.05, 0.1) is 6.07 Å². The third-order valence-electron chi connectivity index (χ3n) is 2.84. The Morgan fingerprint density at radius 3 is 3.06 bits per heavy atom. The predicted molar refractivity (Wildman–Crippen MR) is 65.4 cm³/mol. The summed E-state index contributed by atoms with van der Waals surface area (Å²) in [7, 11) is 0. The highest BCUT2D eigenvalue weighted by Crippen LogP contribution is 2.22. The first-order chi connectivity index (χ1) is 8.11. The fraction of sp³-hybridized carbons (Fsp3) is 0.462. The molecule has 0 amide bonds. The van der Waals surface area contributed by atoms with E-state index >= 15 is 0 Å². The van der Waals surface area contributed by atoms with Gasteiger partial charge in [-0.1, -0.05) is 18.2 Å². The first-order valence-corrected chi connectivity index (χ1v) is 5.74. The second kappa shape index (κ2) is 4.74. The summed E-state index contributed by atoms with van der Waals surface area (Å²) >= 11 is 0. The molecule has 90 valence electrons.